The number of esters is 2. The van der Waals surface area contributed by atoms with Crippen LogP contribution in [0.15, 0.2) is 29.6 Å². The SMILES string of the molecule is CCCOCC1CC2(CC(C)(c3csc(Nc4ccc(C)cc4)n3)OC2=O)C(=O)O1. The van der Waals surface area contributed by atoms with Gasteiger partial charge in [0.2, 0.25) is 0 Å². The third-order valence-corrected chi connectivity index (χ3v) is 6.35. The molecule has 7 nitrogen and oxygen atoms in total. The highest BCUT2D eigenvalue weighted by Crippen LogP contribution is 2.52. The Morgan fingerprint density at radius 1 is 1.27 bits per heavy atom. The zero-order valence-corrected chi connectivity index (χ0v) is 18.2. The first-order valence-electron chi connectivity index (χ1n) is 10.2. The normalized spacial score (nSPS) is 28.0. The van der Waals surface area contributed by atoms with Crippen LogP contribution in [0.3, 0.4) is 0 Å². The molecule has 3 heterocycles. The summed E-state index contributed by atoms with van der Waals surface area (Å²) in [6.45, 7) is 6.74. The lowest BCUT2D eigenvalue weighted by Crippen LogP contribution is -2.32. The molecule has 30 heavy (non-hydrogen) atoms. The molecule has 3 atom stereocenters. The highest BCUT2D eigenvalue weighted by molar-refractivity contribution is 7.13. The molecule has 2 aliphatic rings. The smallest absolute Gasteiger partial charge is 0.324 e. The molecule has 0 amide bonds. The molecule has 1 aromatic carbocycles. The summed E-state index contributed by atoms with van der Waals surface area (Å²) in [4.78, 5) is 30.1. The van der Waals surface area contributed by atoms with Crippen molar-refractivity contribution in [3.8, 4) is 0 Å². The van der Waals surface area contributed by atoms with E-state index in [0.29, 0.717) is 24.0 Å². The van der Waals surface area contributed by atoms with Crippen molar-refractivity contribution >= 4 is 34.1 Å². The molecule has 0 radical (unpaired) electrons. The Labute approximate surface area is 179 Å². The number of anilines is 2. The average Bonchev–Trinajstić information content (AvgIpc) is 3.36. The van der Waals surface area contributed by atoms with Crippen molar-refractivity contribution in [1.82, 2.24) is 4.98 Å². The molecule has 0 aliphatic carbocycles. The number of cyclic esters (lactones) is 2. The van der Waals surface area contributed by atoms with Gasteiger partial charge in [-0.25, -0.2) is 4.98 Å². The van der Waals surface area contributed by atoms with Gasteiger partial charge in [0.15, 0.2) is 16.1 Å². The second kappa shape index (κ2) is 8.00. The number of hydrogen-bond acceptors (Lipinski definition) is 8. The average molecular weight is 431 g/mol. The van der Waals surface area contributed by atoms with Crippen LogP contribution in [0.5, 0.6) is 0 Å². The van der Waals surface area contributed by atoms with Gasteiger partial charge in [0.05, 0.1) is 12.3 Å². The zero-order valence-electron chi connectivity index (χ0n) is 17.4. The maximum Gasteiger partial charge on any atom is 0.324 e. The van der Waals surface area contributed by atoms with Crippen LogP contribution in [0, 0.1) is 12.3 Å². The number of nitrogens with zero attached hydrogens (tertiary/aromatic N) is 1. The van der Waals surface area contributed by atoms with Gasteiger partial charge in [0.25, 0.3) is 0 Å². The van der Waals surface area contributed by atoms with Gasteiger partial charge in [0, 0.05) is 30.5 Å². The summed E-state index contributed by atoms with van der Waals surface area (Å²) in [5, 5.41) is 5.83. The Morgan fingerprint density at radius 2 is 2.03 bits per heavy atom. The molecule has 1 spiro atoms. The van der Waals surface area contributed by atoms with Crippen molar-refractivity contribution in [2.75, 3.05) is 18.5 Å². The third-order valence-electron chi connectivity index (χ3n) is 5.59. The molecular formula is C22H26N2O5S. The van der Waals surface area contributed by atoms with Crippen molar-refractivity contribution in [1.29, 1.82) is 0 Å². The van der Waals surface area contributed by atoms with Crippen molar-refractivity contribution < 1.29 is 23.8 Å². The van der Waals surface area contributed by atoms with E-state index < -0.39 is 29.1 Å². The van der Waals surface area contributed by atoms with Crippen LogP contribution in [0.25, 0.3) is 0 Å². The van der Waals surface area contributed by atoms with Gasteiger partial charge in [-0.1, -0.05) is 24.6 Å². The number of ether oxygens (including phenoxy) is 3. The summed E-state index contributed by atoms with van der Waals surface area (Å²) in [7, 11) is 0. The summed E-state index contributed by atoms with van der Waals surface area (Å²) in [5.74, 6) is -1.05. The van der Waals surface area contributed by atoms with Crippen LogP contribution in [0.1, 0.15) is 44.4 Å². The van der Waals surface area contributed by atoms with Crippen molar-refractivity contribution in [2.45, 2.75) is 51.7 Å². The van der Waals surface area contributed by atoms with Gasteiger partial charge in [-0.2, -0.15) is 0 Å². The zero-order chi connectivity index (χ0) is 21.4. The van der Waals surface area contributed by atoms with E-state index in [2.05, 4.69) is 10.3 Å². The van der Waals surface area contributed by atoms with Crippen LogP contribution in [-0.4, -0.2) is 36.2 Å². The van der Waals surface area contributed by atoms with E-state index in [4.69, 9.17) is 14.2 Å². The van der Waals surface area contributed by atoms with Crippen LogP contribution in [0.2, 0.25) is 0 Å². The molecular weight excluding hydrogens is 404 g/mol. The molecule has 3 unspecified atom stereocenters. The second-order valence-electron chi connectivity index (χ2n) is 8.21. The quantitative estimate of drug-likeness (QED) is 0.402. The molecule has 1 N–H and O–H groups in total. The number of aryl methyl sites for hydroxylation is 1. The van der Waals surface area contributed by atoms with Crippen LogP contribution >= 0.6 is 11.3 Å². The summed E-state index contributed by atoms with van der Waals surface area (Å²) in [5.41, 5.74) is 0.492. The van der Waals surface area contributed by atoms with E-state index in [0.717, 1.165) is 12.1 Å². The standard InChI is InChI=1S/C22H26N2O5S/c1-4-9-27-11-16-10-22(18(25)28-16)13-21(3,29-19(22)26)17-12-30-20(24-17)23-15-7-5-14(2)6-8-15/h5-8,12,16H,4,9-11,13H2,1-3H3,(H,23,24). The van der Waals surface area contributed by atoms with Crippen molar-refractivity contribution in [3.63, 3.8) is 0 Å². The molecule has 2 saturated heterocycles. The number of nitrogens with one attached hydrogen (secondary N) is 1. The molecule has 2 fully saturated rings. The highest BCUT2D eigenvalue weighted by atomic mass is 32.1. The number of carbonyl (C=O) groups is 2. The summed E-state index contributed by atoms with van der Waals surface area (Å²) < 4.78 is 16.7. The van der Waals surface area contributed by atoms with E-state index in [1.54, 1.807) is 6.92 Å². The Balaban J connectivity index is 1.48. The minimum Gasteiger partial charge on any atom is -0.459 e. The molecule has 160 valence electrons. The monoisotopic (exact) mass is 430 g/mol. The number of thiazole rings is 1. The van der Waals surface area contributed by atoms with Crippen LogP contribution < -0.4 is 5.32 Å². The van der Waals surface area contributed by atoms with E-state index in [1.165, 1.54) is 16.9 Å². The Bertz CT molecular complexity index is 943. The van der Waals surface area contributed by atoms with Gasteiger partial charge in [-0.05, 0) is 32.4 Å². The first-order chi connectivity index (χ1) is 14.3. The van der Waals surface area contributed by atoms with Gasteiger partial charge in [0.1, 0.15) is 6.10 Å². The lowest BCUT2D eigenvalue weighted by molar-refractivity contribution is -0.160. The molecule has 0 saturated carbocycles. The third kappa shape index (κ3) is 3.81. The first kappa shape index (κ1) is 20.8. The summed E-state index contributed by atoms with van der Waals surface area (Å²) in [6.07, 6.45) is 0.959. The predicted molar refractivity (Wildman–Crippen MR) is 113 cm³/mol. The maximum atomic E-state index is 12.8. The fourth-order valence-electron chi connectivity index (χ4n) is 4.00. The van der Waals surface area contributed by atoms with Gasteiger partial charge in [-0.3, -0.25) is 9.59 Å². The molecule has 2 aliphatic heterocycles. The van der Waals surface area contributed by atoms with Crippen LogP contribution in [-0.2, 0) is 29.4 Å². The van der Waals surface area contributed by atoms with E-state index in [1.807, 2.05) is 43.5 Å². The minimum atomic E-state index is -1.27. The predicted octanol–water partition coefficient (Wildman–Crippen LogP) is 4.09. The number of hydrogen-bond donors (Lipinski definition) is 1. The molecule has 2 aromatic rings. The van der Waals surface area contributed by atoms with E-state index >= 15 is 0 Å². The van der Waals surface area contributed by atoms with Gasteiger partial charge < -0.3 is 19.5 Å². The second-order valence-corrected chi connectivity index (χ2v) is 9.07. The fraction of sp³-hybridized carbons (Fsp3) is 0.500. The molecule has 4 rings (SSSR count). The van der Waals surface area contributed by atoms with Crippen LogP contribution in [0.4, 0.5) is 10.8 Å². The maximum absolute atomic E-state index is 12.8. The lowest BCUT2D eigenvalue weighted by atomic mass is 9.78. The number of carbonyl (C=O) groups excluding carboxylic acids is 2. The molecule has 1 aromatic heterocycles. The minimum absolute atomic E-state index is 0.218. The molecule has 0 bridgehead atoms. The van der Waals surface area contributed by atoms with Crippen molar-refractivity contribution in [3.05, 3.63) is 40.9 Å². The van der Waals surface area contributed by atoms with E-state index in [9.17, 15) is 9.59 Å². The van der Waals surface area contributed by atoms with Gasteiger partial charge in [-0.15, -0.1) is 11.3 Å². The largest absolute Gasteiger partial charge is 0.459 e. The molecule has 8 heteroatoms. The Morgan fingerprint density at radius 3 is 2.77 bits per heavy atom. The van der Waals surface area contributed by atoms with E-state index in [-0.39, 0.29) is 12.8 Å². The summed E-state index contributed by atoms with van der Waals surface area (Å²) in [6, 6.07) is 8.01. The van der Waals surface area contributed by atoms with Gasteiger partial charge >= 0.3 is 11.9 Å². The van der Waals surface area contributed by atoms with Crippen molar-refractivity contribution in [2.24, 2.45) is 5.41 Å². The number of benzene rings is 1. The first-order valence-corrected chi connectivity index (χ1v) is 11.0. The summed E-state index contributed by atoms with van der Waals surface area (Å²) >= 11 is 1.43. The Kier molecular flexibility index (Phi) is 5.55. The highest BCUT2D eigenvalue weighted by Gasteiger charge is 2.65. The lowest BCUT2D eigenvalue weighted by Gasteiger charge is -2.20. The Hall–Kier alpha value is -2.45. The number of rotatable bonds is 7. The fourth-order valence-corrected chi connectivity index (χ4v) is 4.86. The number of aromatic nitrogens is 1. The topological polar surface area (TPSA) is 86.8 Å².